The van der Waals surface area contributed by atoms with Crippen molar-refractivity contribution in [3.63, 3.8) is 0 Å². The number of hydrogen-bond donors (Lipinski definition) is 1. The molecule has 1 unspecified atom stereocenters. The van der Waals surface area contributed by atoms with E-state index in [-0.39, 0.29) is 5.91 Å². The first kappa shape index (κ1) is 13.9. The molecule has 0 aliphatic carbocycles. The van der Waals surface area contributed by atoms with Gasteiger partial charge in [0.05, 0.1) is 0 Å². The number of nitrogens with two attached hydrogens (primary N) is 1. The molecule has 104 valence electrons. The predicted molar refractivity (Wildman–Crippen MR) is 78.2 cm³/mol. The van der Waals surface area contributed by atoms with Crippen LogP contribution in [-0.4, -0.2) is 48.9 Å². The molecule has 0 radical (unpaired) electrons. The summed E-state index contributed by atoms with van der Waals surface area (Å²) >= 11 is 0. The normalized spacial score (nSPS) is 19.8. The van der Waals surface area contributed by atoms with Crippen molar-refractivity contribution in [2.75, 3.05) is 32.9 Å². The minimum absolute atomic E-state index is 0.108. The van der Waals surface area contributed by atoms with E-state index < -0.39 is 0 Å². The number of piperidine rings is 1. The van der Waals surface area contributed by atoms with Crippen molar-refractivity contribution in [3.05, 3.63) is 29.3 Å². The Hall–Kier alpha value is -1.55. The van der Waals surface area contributed by atoms with E-state index in [1.165, 1.54) is 0 Å². The lowest BCUT2D eigenvalue weighted by Crippen LogP contribution is -2.47. The number of carbonyl (C=O) groups excluding carboxylic acids is 1. The molecule has 4 nitrogen and oxygen atoms in total. The number of anilines is 1. The average Bonchev–Trinajstić information content (AvgIpc) is 2.41. The monoisotopic (exact) mass is 261 g/mol. The van der Waals surface area contributed by atoms with Crippen LogP contribution in [0, 0.1) is 6.92 Å². The van der Waals surface area contributed by atoms with Gasteiger partial charge in [0.1, 0.15) is 0 Å². The number of carbonyl (C=O) groups is 1. The van der Waals surface area contributed by atoms with Gasteiger partial charge in [-0.25, -0.2) is 0 Å². The van der Waals surface area contributed by atoms with Crippen LogP contribution >= 0.6 is 0 Å². The second-order valence-corrected chi connectivity index (χ2v) is 5.59. The summed E-state index contributed by atoms with van der Waals surface area (Å²) in [7, 11) is 4.15. The number of aryl methyl sites for hydroxylation is 1. The number of benzene rings is 1. The first-order valence-electron chi connectivity index (χ1n) is 6.81. The average molecular weight is 261 g/mol. The summed E-state index contributed by atoms with van der Waals surface area (Å²) in [6.45, 7) is 3.61. The van der Waals surface area contributed by atoms with Crippen LogP contribution in [0.3, 0.4) is 0 Å². The summed E-state index contributed by atoms with van der Waals surface area (Å²) in [5.74, 6) is 0.108. The Balaban J connectivity index is 2.17. The maximum atomic E-state index is 12.6. The van der Waals surface area contributed by atoms with E-state index >= 15 is 0 Å². The lowest BCUT2D eigenvalue weighted by Gasteiger charge is -2.36. The van der Waals surface area contributed by atoms with Crippen molar-refractivity contribution in [1.29, 1.82) is 0 Å². The molecule has 1 aromatic carbocycles. The van der Waals surface area contributed by atoms with E-state index in [1.807, 2.05) is 24.0 Å². The van der Waals surface area contributed by atoms with Crippen LogP contribution in [0.1, 0.15) is 28.8 Å². The van der Waals surface area contributed by atoms with E-state index in [1.54, 1.807) is 6.07 Å². The largest absolute Gasteiger partial charge is 0.399 e. The van der Waals surface area contributed by atoms with Crippen molar-refractivity contribution in [2.45, 2.75) is 25.8 Å². The Morgan fingerprint density at radius 1 is 1.42 bits per heavy atom. The van der Waals surface area contributed by atoms with Gasteiger partial charge in [-0.05, 0) is 51.6 Å². The standard InChI is InChI=1S/C15H23N3O/c1-11-6-7-12(16)9-14(11)15(19)18-8-4-5-13(10-18)17(2)3/h6-7,9,13H,4-5,8,10,16H2,1-3H3. The van der Waals surface area contributed by atoms with Gasteiger partial charge in [-0.3, -0.25) is 4.79 Å². The van der Waals surface area contributed by atoms with Gasteiger partial charge >= 0.3 is 0 Å². The lowest BCUT2D eigenvalue weighted by atomic mass is 10.0. The van der Waals surface area contributed by atoms with Crippen LogP contribution in [-0.2, 0) is 0 Å². The molecular formula is C15H23N3O. The molecule has 1 aliphatic heterocycles. The molecule has 1 amide bonds. The van der Waals surface area contributed by atoms with Crippen molar-refractivity contribution >= 4 is 11.6 Å². The third kappa shape index (κ3) is 3.07. The first-order valence-corrected chi connectivity index (χ1v) is 6.81. The van der Waals surface area contributed by atoms with Gasteiger partial charge in [0, 0.05) is 30.4 Å². The zero-order valence-electron chi connectivity index (χ0n) is 12.0. The van der Waals surface area contributed by atoms with E-state index in [0.29, 0.717) is 11.7 Å². The molecule has 1 aromatic rings. The van der Waals surface area contributed by atoms with Crippen LogP contribution in [0.2, 0.25) is 0 Å². The third-order valence-corrected chi connectivity index (χ3v) is 3.91. The second-order valence-electron chi connectivity index (χ2n) is 5.59. The van der Waals surface area contributed by atoms with Crippen molar-refractivity contribution in [2.24, 2.45) is 0 Å². The zero-order chi connectivity index (χ0) is 14.0. The SMILES string of the molecule is Cc1ccc(N)cc1C(=O)N1CCCC(N(C)C)C1. The van der Waals surface area contributed by atoms with Crippen molar-refractivity contribution in [3.8, 4) is 0 Å². The van der Waals surface area contributed by atoms with Crippen LogP contribution in [0.4, 0.5) is 5.69 Å². The summed E-state index contributed by atoms with van der Waals surface area (Å²) in [5.41, 5.74) is 8.17. The molecule has 1 saturated heterocycles. The lowest BCUT2D eigenvalue weighted by molar-refractivity contribution is 0.0634. The number of hydrogen-bond acceptors (Lipinski definition) is 3. The molecule has 1 heterocycles. The number of amides is 1. The molecule has 0 aromatic heterocycles. The van der Waals surface area contributed by atoms with Crippen LogP contribution in [0.15, 0.2) is 18.2 Å². The highest BCUT2D eigenvalue weighted by molar-refractivity contribution is 5.96. The summed E-state index contributed by atoms with van der Waals surface area (Å²) in [4.78, 5) is 16.7. The second kappa shape index (κ2) is 5.61. The number of likely N-dealkylation sites (N-methyl/N-ethyl adjacent to an activating group) is 1. The van der Waals surface area contributed by atoms with Gasteiger partial charge in [0.15, 0.2) is 0 Å². The predicted octanol–water partition coefficient (Wildman–Crippen LogP) is 1.74. The van der Waals surface area contributed by atoms with Crippen molar-refractivity contribution in [1.82, 2.24) is 9.80 Å². The number of likely N-dealkylation sites (tertiary alicyclic amines) is 1. The first-order chi connectivity index (χ1) is 8.99. The van der Waals surface area contributed by atoms with Gasteiger partial charge in [-0.1, -0.05) is 6.07 Å². The molecule has 0 spiro atoms. The summed E-state index contributed by atoms with van der Waals surface area (Å²) in [5, 5.41) is 0. The number of rotatable bonds is 2. The molecular weight excluding hydrogens is 238 g/mol. The topological polar surface area (TPSA) is 49.6 Å². The minimum atomic E-state index is 0.108. The molecule has 2 rings (SSSR count). The molecule has 1 fully saturated rings. The highest BCUT2D eigenvalue weighted by Crippen LogP contribution is 2.19. The quantitative estimate of drug-likeness (QED) is 0.825. The third-order valence-electron chi connectivity index (χ3n) is 3.91. The van der Waals surface area contributed by atoms with Gasteiger partial charge < -0.3 is 15.5 Å². The molecule has 4 heteroatoms. The molecule has 2 N–H and O–H groups in total. The van der Waals surface area contributed by atoms with E-state index in [9.17, 15) is 4.79 Å². The summed E-state index contributed by atoms with van der Waals surface area (Å²) in [6.07, 6.45) is 2.22. The Bertz CT molecular complexity index is 470. The Morgan fingerprint density at radius 3 is 2.84 bits per heavy atom. The highest BCUT2D eigenvalue weighted by Gasteiger charge is 2.26. The van der Waals surface area contributed by atoms with Gasteiger partial charge in [-0.15, -0.1) is 0 Å². The van der Waals surface area contributed by atoms with Crippen molar-refractivity contribution < 1.29 is 4.79 Å². The fourth-order valence-electron chi connectivity index (χ4n) is 2.60. The number of nitrogen functional groups attached to an aromatic ring is 1. The maximum Gasteiger partial charge on any atom is 0.254 e. The minimum Gasteiger partial charge on any atom is -0.399 e. The zero-order valence-corrected chi connectivity index (χ0v) is 12.0. The molecule has 0 bridgehead atoms. The fraction of sp³-hybridized carbons (Fsp3) is 0.533. The van der Waals surface area contributed by atoms with E-state index in [2.05, 4.69) is 19.0 Å². The highest BCUT2D eigenvalue weighted by atomic mass is 16.2. The van der Waals surface area contributed by atoms with Gasteiger partial charge in [0.25, 0.3) is 5.91 Å². The van der Waals surface area contributed by atoms with E-state index in [4.69, 9.17) is 5.73 Å². The van der Waals surface area contributed by atoms with Crippen LogP contribution < -0.4 is 5.73 Å². The molecule has 0 saturated carbocycles. The van der Waals surface area contributed by atoms with Crippen LogP contribution in [0.25, 0.3) is 0 Å². The van der Waals surface area contributed by atoms with Gasteiger partial charge in [0.2, 0.25) is 0 Å². The Morgan fingerprint density at radius 2 is 2.16 bits per heavy atom. The Labute approximate surface area is 115 Å². The molecule has 19 heavy (non-hydrogen) atoms. The van der Waals surface area contributed by atoms with E-state index in [0.717, 1.165) is 37.1 Å². The van der Waals surface area contributed by atoms with Gasteiger partial charge in [-0.2, -0.15) is 0 Å². The number of nitrogens with zero attached hydrogens (tertiary/aromatic N) is 2. The smallest absolute Gasteiger partial charge is 0.254 e. The maximum absolute atomic E-state index is 12.6. The van der Waals surface area contributed by atoms with Crippen LogP contribution in [0.5, 0.6) is 0 Å². The molecule has 1 aliphatic rings. The molecule has 1 atom stereocenters. The summed E-state index contributed by atoms with van der Waals surface area (Å²) < 4.78 is 0. The summed E-state index contributed by atoms with van der Waals surface area (Å²) in [6, 6.07) is 6.00. The Kier molecular flexibility index (Phi) is 4.10. The fourth-order valence-corrected chi connectivity index (χ4v) is 2.60.